The maximum Gasteiger partial charge on any atom is 0.371 e. The van der Waals surface area contributed by atoms with Crippen molar-refractivity contribution in [3.8, 4) is 5.75 Å². The molecule has 2 heterocycles. The van der Waals surface area contributed by atoms with E-state index < -0.39 is 0 Å². The summed E-state index contributed by atoms with van der Waals surface area (Å²) in [6.45, 7) is 0. The molecule has 4 heteroatoms. The van der Waals surface area contributed by atoms with Crippen LogP contribution >= 0.6 is 24.2 Å². The summed E-state index contributed by atoms with van der Waals surface area (Å²) in [7, 11) is 0. The zero-order chi connectivity index (χ0) is 14.2. The third-order valence-corrected chi connectivity index (χ3v) is 4.65. The number of hydrogen-bond donors (Lipinski definition) is 1. The Hall–Kier alpha value is -1.97. The highest BCUT2D eigenvalue weighted by Crippen LogP contribution is 2.44. The van der Waals surface area contributed by atoms with Crippen LogP contribution in [-0.4, -0.2) is 5.11 Å². The third-order valence-electron chi connectivity index (χ3n) is 3.58. The lowest BCUT2D eigenvalue weighted by atomic mass is 10.1. The van der Waals surface area contributed by atoms with Crippen LogP contribution in [0.25, 0.3) is 22.0 Å². The van der Waals surface area contributed by atoms with E-state index in [1.165, 1.54) is 5.56 Å². The molecule has 0 aliphatic carbocycles. The Balaban J connectivity index is 0.00000144. The van der Waals surface area contributed by atoms with Crippen molar-refractivity contribution in [3.05, 3.63) is 71.5 Å². The van der Waals surface area contributed by atoms with Crippen molar-refractivity contribution in [2.24, 2.45) is 0 Å². The second-order valence-corrected chi connectivity index (χ2v) is 6.01. The van der Waals surface area contributed by atoms with Crippen molar-refractivity contribution in [2.45, 2.75) is 5.75 Å². The van der Waals surface area contributed by atoms with E-state index in [1.807, 2.05) is 42.5 Å². The van der Waals surface area contributed by atoms with E-state index in [0.29, 0.717) is 5.75 Å². The number of para-hydroxylation sites is 2. The van der Waals surface area contributed by atoms with Gasteiger partial charge in [-0.05, 0) is 24.3 Å². The first-order valence-corrected chi connectivity index (χ1v) is 7.77. The highest BCUT2D eigenvalue weighted by molar-refractivity contribution is 8.08. The van der Waals surface area contributed by atoms with Gasteiger partial charge in [0.25, 0.3) is 0 Å². The first kappa shape index (κ1) is 14.9. The Morgan fingerprint density at radius 3 is 2.68 bits per heavy atom. The van der Waals surface area contributed by atoms with Gasteiger partial charge in [0.05, 0.1) is 10.9 Å². The zero-order valence-corrected chi connectivity index (χ0v) is 13.3. The SMILES string of the molecule is Cl.Oc1ccccc1/C=C1/SCc2cc3ccccc3[o+]c21. The first-order valence-electron chi connectivity index (χ1n) is 6.79. The predicted octanol–water partition coefficient (Wildman–Crippen LogP) is 5.59. The standard InChI is InChI=1S/C18H12O2S.ClH/c19-15-7-3-1-5-12(15)10-17-18-14(11-21-17)9-13-6-2-4-8-16(13)20-18;/h1-10H,11H2;1H/p+1/b17-10+;. The number of fused-ring (bicyclic) bond motifs is 2. The van der Waals surface area contributed by atoms with Crippen molar-refractivity contribution in [3.63, 3.8) is 0 Å². The fourth-order valence-corrected chi connectivity index (χ4v) is 3.56. The van der Waals surface area contributed by atoms with Crippen LogP contribution in [0.1, 0.15) is 16.9 Å². The summed E-state index contributed by atoms with van der Waals surface area (Å²) in [4.78, 5) is 1.07. The summed E-state index contributed by atoms with van der Waals surface area (Å²) >= 11 is 1.74. The van der Waals surface area contributed by atoms with Crippen molar-refractivity contribution >= 4 is 46.1 Å². The summed E-state index contributed by atoms with van der Waals surface area (Å²) < 4.78 is 6.06. The van der Waals surface area contributed by atoms with Gasteiger partial charge in [0, 0.05) is 17.4 Å². The van der Waals surface area contributed by atoms with Crippen molar-refractivity contribution in [1.82, 2.24) is 0 Å². The molecule has 1 aliphatic rings. The summed E-state index contributed by atoms with van der Waals surface area (Å²) in [6, 6.07) is 17.6. The van der Waals surface area contributed by atoms with Gasteiger partial charge in [0.15, 0.2) is 0 Å². The minimum absolute atomic E-state index is 0. The fourth-order valence-electron chi connectivity index (χ4n) is 2.52. The van der Waals surface area contributed by atoms with Gasteiger partial charge in [0.2, 0.25) is 0 Å². The zero-order valence-electron chi connectivity index (χ0n) is 11.7. The number of benzene rings is 2. The lowest BCUT2D eigenvalue weighted by Crippen LogP contribution is -1.83. The quantitative estimate of drug-likeness (QED) is 0.591. The van der Waals surface area contributed by atoms with Crippen molar-refractivity contribution < 1.29 is 9.52 Å². The Morgan fingerprint density at radius 1 is 1.05 bits per heavy atom. The maximum atomic E-state index is 9.91. The Bertz CT molecular complexity index is 874. The number of hydrogen-bond acceptors (Lipinski definition) is 2. The van der Waals surface area contributed by atoms with Gasteiger partial charge in [-0.3, -0.25) is 0 Å². The molecule has 3 aromatic rings. The Labute approximate surface area is 138 Å². The van der Waals surface area contributed by atoms with Crippen molar-refractivity contribution in [2.75, 3.05) is 0 Å². The van der Waals surface area contributed by atoms with E-state index in [0.717, 1.165) is 33.0 Å². The van der Waals surface area contributed by atoms with E-state index >= 15 is 0 Å². The van der Waals surface area contributed by atoms with E-state index in [4.69, 9.17) is 4.42 Å². The van der Waals surface area contributed by atoms with Crippen LogP contribution in [0.4, 0.5) is 0 Å². The van der Waals surface area contributed by atoms with Gasteiger partial charge < -0.3 is 5.11 Å². The molecule has 0 fully saturated rings. The average molecular weight is 330 g/mol. The van der Waals surface area contributed by atoms with Crippen LogP contribution < -0.4 is 0 Å². The molecule has 0 amide bonds. The number of thioether (sulfide) groups is 1. The van der Waals surface area contributed by atoms with Gasteiger partial charge in [-0.1, -0.05) is 30.3 Å². The molecule has 4 rings (SSSR count). The number of phenols is 1. The summed E-state index contributed by atoms with van der Waals surface area (Å²) in [5.74, 6) is 2.12. The van der Waals surface area contributed by atoms with Crippen LogP contribution in [0, 0.1) is 0 Å². The molecule has 110 valence electrons. The van der Waals surface area contributed by atoms with Gasteiger partial charge in [-0.25, -0.2) is 4.42 Å². The smallest absolute Gasteiger partial charge is 0.371 e. The maximum absolute atomic E-state index is 9.91. The second-order valence-electron chi connectivity index (χ2n) is 4.99. The minimum atomic E-state index is 0. The largest absolute Gasteiger partial charge is 0.507 e. The predicted molar refractivity (Wildman–Crippen MR) is 95.1 cm³/mol. The molecule has 0 saturated carbocycles. The fraction of sp³-hybridized carbons (Fsp3) is 0.0556. The van der Waals surface area contributed by atoms with Gasteiger partial charge >= 0.3 is 11.3 Å². The molecule has 0 unspecified atom stereocenters. The summed E-state index contributed by atoms with van der Waals surface area (Å²) in [5.41, 5.74) is 2.92. The summed E-state index contributed by atoms with van der Waals surface area (Å²) in [6.07, 6.45) is 1.99. The topological polar surface area (TPSA) is 31.5 Å². The third kappa shape index (κ3) is 2.58. The first-order chi connectivity index (χ1) is 10.3. The normalized spacial score (nSPS) is 14.8. The van der Waals surface area contributed by atoms with E-state index in [9.17, 15) is 5.11 Å². The highest BCUT2D eigenvalue weighted by Gasteiger charge is 2.30. The van der Waals surface area contributed by atoms with E-state index in [-0.39, 0.29) is 12.4 Å². The van der Waals surface area contributed by atoms with E-state index in [1.54, 1.807) is 17.8 Å². The summed E-state index contributed by atoms with van der Waals surface area (Å²) in [5, 5.41) is 11.0. The lowest BCUT2D eigenvalue weighted by molar-refractivity contribution is 0.474. The molecular weight excluding hydrogens is 316 g/mol. The molecule has 0 bridgehead atoms. The molecule has 0 radical (unpaired) electrons. The number of halogens is 1. The molecule has 0 saturated heterocycles. The Kier molecular flexibility index (Phi) is 4.10. The molecule has 2 nitrogen and oxygen atoms in total. The van der Waals surface area contributed by atoms with Gasteiger partial charge in [-0.2, -0.15) is 0 Å². The second kappa shape index (κ2) is 6.03. The minimum Gasteiger partial charge on any atom is -0.507 e. The lowest BCUT2D eigenvalue weighted by Gasteiger charge is -1.98. The van der Waals surface area contributed by atoms with Crippen LogP contribution in [-0.2, 0) is 5.75 Å². The molecule has 2 aromatic carbocycles. The average Bonchev–Trinajstić information content (AvgIpc) is 2.89. The Morgan fingerprint density at radius 2 is 1.82 bits per heavy atom. The van der Waals surface area contributed by atoms with Crippen LogP contribution in [0.5, 0.6) is 5.75 Å². The highest BCUT2D eigenvalue weighted by atomic mass is 35.5. The molecule has 0 atom stereocenters. The monoisotopic (exact) mass is 329 g/mol. The molecule has 1 N–H and O–H groups in total. The van der Waals surface area contributed by atoms with Crippen LogP contribution in [0.2, 0.25) is 0 Å². The van der Waals surface area contributed by atoms with Crippen LogP contribution in [0.15, 0.2) is 59.0 Å². The number of phenolic OH excluding ortho intramolecular Hbond substituents is 1. The molecule has 0 spiro atoms. The van der Waals surface area contributed by atoms with Crippen LogP contribution in [0.3, 0.4) is 0 Å². The van der Waals surface area contributed by atoms with E-state index in [2.05, 4.69) is 12.1 Å². The molecular formula is C18H14ClO2S+. The molecule has 22 heavy (non-hydrogen) atoms. The van der Waals surface area contributed by atoms with Gasteiger partial charge in [-0.15, -0.1) is 24.2 Å². The molecule has 1 aromatic heterocycles. The molecule has 1 aliphatic heterocycles. The number of aromatic hydroxyl groups is 1. The number of rotatable bonds is 1. The van der Waals surface area contributed by atoms with Crippen molar-refractivity contribution in [1.29, 1.82) is 0 Å². The van der Waals surface area contributed by atoms with Gasteiger partial charge in [0.1, 0.15) is 10.7 Å².